The Morgan fingerprint density at radius 3 is 2.44 bits per heavy atom. The van der Waals surface area contributed by atoms with Gasteiger partial charge in [0.2, 0.25) is 0 Å². The van der Waals surface area contributed by atoms with Crippen LogP contribution in [0, 0.1) is 0 Å². The maximum atomic E-state index is 12.3. The second kappa shape index (κ2) is 9.96. The Balaban J connectivity index is 2.04. The third-order valence-corrected chi connectivity index (χ3v) is 3.71. The van der Waals surface area contributed by atoms with Gasteiger partial charge in [-0.3, -0.25) is 0 Å². The monoisotopic (exact) mass is 370 g/mol. The molecular weight excluding hydrogens is 348 g/mol. The van der Waals surface area contributed by atoms with E-state index in [0.717, 1.165) is 5.56 Å². The normalized spacial score (nSPS) is 11.2. The first-order chi connectivity index (χ1) is 13.0. The molecule has 2 aromatic rings. The quantitative estimate of drug-likeness (QED) is 0.731. The Hall–Kier alpha value is -3.35. The fourth-order valence-electron chi connectivity index (χ4n) is 2.45. The first-order valence-electron chi connectivity index (χ1n) is 8.50. The molecule has 2 N–H and O–H groups in total. The van der Waals surface area contributed by atoms with Gasteiger partial charge in [-0.05, 0) is 30.7 Å². The van der Waals surface area contributed by atoms with Gasteiger partial charge in [-0.15, -0.1) is 0 Å². The number of hydrogen-bond donors (Lipinski definition) is 2. The lowest BCUT2D eigenvalue weighted by Crippen LogP contribution is -2.45. The fourth-order valence-corrected chi connectivity index (χ4v) is 2.45. The number of methoxy groups -OCH3 is 1. The lowest BCUT2D eigenvalue weighted by molar-refractivity contribution is -0.142. The highest BCUT2D eigenvalue weighted by Gasteiger charge is 2.22. The molecule has 0 saturated heterocycles. The topological polar surface area (TPSA) is 93.7 Å². The van der Waals surface area contributed by atoms with Gasteiger partial charge in [-0.2, -0.15) is 0 Å². The molecule has 1 atom stereocenters. The number of esters is 2. The van der Waals surface area contributed by atoms with Crippen molar-refractivity contribution in [3.8, 4) is 0 Å². The summed E-state index contributed by atoms with van der Waals surface area (Å²) in [7, 11) is 1.27. The molecular formula is C20H22N2O5. The van der Waals surface area contributed by atoms with Gasteiger partial charge in [0.15, 0.2) is 0 Å². The lowest BCUT2D eigenvalue weighted by atomic mass is 10.1. The average Bonchev–Trinajstić information content (AvgIpc) is 2.68. The molecule has 0 aliphatic rings. The van der Waals surface area contributed by atoms with E-state index in [4.69, 9.17) is 9.47 Å². The van der Waals surface area contributed by atoms with Crippen molar-refractivity contribution in [2.24, 2.45) is 0 Å². The second-order valence-corrected chi connectivity index (χ2v) is 5.67. The van der Waals surface area contributed by atoms with E-state index in [2.05, 4.69) is 10.6 Å². The highest BCUT2D eigenvalue weighted by molar-refractivity contribution is 5.95. The van der Waals surface area contributed by atoms with Crippen LogP contribution in [0.5, 0.6) is 0 Å². The molecule has 0 aromatic heterocycles. The van der Waals surface area contributed by atoms with Gasteiger partial charge in [0, 0.05) is 12.1 Å². The number of urea groups is 1. The van der Waals surface area contributed by atoms with E-state index in [-0.39, 0.29) is 6.61 Å². The van der Waals surface area contributed by atoms with Crippen LogP contribution in [0.2, 0.25) is 0 Å². The molecule has 0 unspecified atom stereocenters. The summed E-state index contributed by atoms with van der Waals surface area (Å²) < 4.78 is 9.71. The van der Waals surface area contributed by atoms with Crippen LogP contribution in [0.15, 0.2) is 54.6 Å². The smallest absolute Gasteiger partial charge is 0.338 e. The molecule has 0 fully saturated rings. The Morgan fingerprint density at radius 2 is 1.78 bits per heavy atom. The number of nitrogens with one attached hydrogen (secondary N) is 2. The van der Waals surface area contributed by atoms with E-state index in [1.54, 1.807) is 25.1 Å². The third kappa shape index (κ3) is 6.14. The summed E-state index contributed by atoms with van der Waals surface area (Å²) in [6.07, 6.45) is 0.295. The van der Waals surface area contributed by atoms with Gasteiger partial charge in [0.1, 0.15) is 6.04 Å². The molecule has 0 aliphatic carbocycles. The number of amides is 2. The van der Waals surface area contributed by atoms with Crippen molar-refractivity contribution in [1.82, 2.24) is 5.32 Å². The van der Waals surface area contributed by atoms with Crippen LogP contribution in [0.3, 0.4) is 0 Å². The van der Waals surface area contributed by atoms with Gasteiger partial charge in [-0.25, -0.2) is 14.4 Å². The summed E-state index contributed by atoms with van der Waals surface area (Å²) >= 11 is 0. The van der Waals surface area contributed by atoms with Gasteiger partial charge in [0.05, 0.1) is 19.3 Å². The molecule has 7 heteroatoms. The summed E-state index contributed by atoms with van der Waals surface area (Å²) in [5.74, 6) is -1.02. The maximum absolute atomic E-state index is 12.3. The molecule has 142 valence electrons. The summed E-state index contributed by atoms with van der Waals surface area (Å²) in [6.45, 7) is 1.98. The van der Waals surface area contributed by atoms with Crippen molar-refractivity contribution in [2.75, 3.05) is 19.0 Å². The SMILES string of the molecule is CCOC(=O)c1cccc(NC(=O)N[C@@H](Cc2ccccc2)C(=O)OC)c1. The van der Waals surface area contributed by atoms with Crippen LogP contribution < -0.4 is 10.6 Å². The molecule has 7 nitrogen and oxygen atoms in total. The van der Waals surface area contributed by atoms with Crippen LogP contribution >= 0.6 is 0 Å². The zero-order valence-electron chi connectivity index (χ0n) is 15.2. The maximum Gasteiger partial charge on any atom is 0.338 e. The molecule has 2 aromatic carbocycles. The lowest BCUT2D eigenvalue weighted by Gasteiger charge is -2.17. The number of rotatable bonds is 7. The minimum atomic E-state index is -0.842. The minimum Gasteiger partial charge on any atom is -0.467 e. The number of carbonyl (C=O) groups is 3. The van der Waals surface area contributed by atoms with Crippen LogP contribution in [0.1, 0.15) is 22.8 Å². The molecule has 0 heterocycles. The number of ether oxygens (including phenoxy) is 2. The van der Waals surface area contributed by atoms with Crippen molar-refractivity contribution < 1.29 is 23.9 Å². The Morgan fingerprint density at radius 1 is 1.04 bits per heavy atom. The highest BCUT2D eigenvalue weighted by Crippen LogP contribution is 2.12. The van der Waals surface area contributed by atoms with Crippen LogP contribution in [-0.4, -0.2) is 37.7 Å². The molecule has 2 amide bonds. The van der Waals surface area contributed by atoms with Crippen LogP contribution in [0.4, 0.5) is 10.5 Å². The number of anilines is 1. The van der Waals surface area contributed by atoms with Gasteiger partial charge in [0.25, 0.3) is 0 Å². The third-order valence-electron chi connectivity index (χ3n) is 3.71. The Kier molecular flexibility index (Phi) is 7.37. The van der Waals surface area contributed by atoms with Crippen molar-refractivity contribution >= 4 is 23.7 Å². The predicted molar refractivity (Wildman–Crippen MR) is 101 cm³/mol. The molecule has 0 radical (unpaired) electrons. The first kappa shape index (κ1) is 20.0. The molecule has 0 bridgehead atoms. The molecule has 0 saturated carbocycles. The zero-order chi connectivity index (χ0) is 19.6. The van der Waals surface area contributed by atoms with Crippen molar-refractivity contribution in [1.29, 1.82) is 0 Å². The summed E-state index contributed by atoms with van der Waals surface area (Å²) in [4.78, 5) is 36.1. The Bertz CT molecular complexity index is 792. The van der Waals surface area contributed by atoms with Crippen LogP contribution in [0.25, 0.3) is 0 Å². The summed E-state index contributed by atoms with van der Waals surface area (Å²) in [5.41, 5.74) is 1.61. The summed E-state index contributed by atoms with van der Waals surface area (Å²) in [5, 5.41) is 5.21. The number of benzene rings is 2. The Labute approximate surface area is 157 Å². The van der Waals surface area contributed by atoms with E-state index in [1.807, 2.05) is 30.3 Å². The van der Waals surface area contributed by atoms with E-state index in [9.17, 15) is 14.4 Å². The largest absolute Gasteiger partial charge is 0.467 e. The first-order valence-corrected chi connectivity index (χ1v) is 8.50. The van der Waals surface area contributed by atoms with Gasteiger partial charge in [-0.1, -0.05) is 36.4 Å². The molecule has 0 spiro atoms. The number of hydrogen-bond acceptors (Lipinski definition) is 5. The van der Waals surface area contributed by atoms with Crippen LogP contribution in [-0.2, 0) is 20.7 Å². The van der Waals surface area contributed by atoms with Crippen molar-refractivity contribution in [3.63, 3.8) is 0 Å². The molecule has 2 rings (SSSR count). The fraction of sp³-hybridized carbons (Fsp3) is 0.250. The standard InChI is InChI=1S/C20H22N2O5/c1-3-27-18(23)15-10-7-11-16(13-15)21-20(25)22-17(19(24)26-2)12-14-8-5-4-6-9-14/h4-11,13,17H,3,12H2,1-2H3,(H2,21,22,25)/t17-/m0/s1. The van der Waals surface area contributed by atoms with Gasteiger partial charge >= 0.3 is 18.0 Å². The average molecular weight is 370 g/mol. The molecule has 27 heavy (non-hydrogen) atoms. The number of carbonyl (C=O) groups excluding carboxylic acids is 3. The van der Waals surface area contributed by atoms with E-state index < -0.39 is 24.0 Å². The van der Waals surface area contributed by atoms with Gasteiger partial charge < -0.3 is 20.1 Å². The van der Waals surface area contributed by atoms with E-state index in [1.165, 1.54) is 13.2 Å². The molecule has 0 aliphatic heterocycles. The minimum absolute atomic E-state index is 0.261. The second-order valence-electron chi connectivity index (χ2n) is 5.67. The summed E-state index contributed by atoms with van der Waals surface area (Å²) in [6, 6.07) is 14.2. The van der Waals surface area contributed by atoms with E-state index >= 15 is 0 Å². The van der Waals surface area contributed by atoms with Crippen molar-refractivity contribution in [3.05, 3.63) is 65.7 Å². The zero-order valence-corrected chi connectivity index (χ0v) is 15.2. The highest BCUT2D eigenvalue weighted by atomic mass is 16.5. The predicted octanol–water partition coefficient (Wildman–Crippen LogP) is 2.77. The van der Waals surface area contributed by atoms with E-state index in [0.29, 0.717) is 17.7 Å². The van der Waals surface area contributed by atoms with Crippen molar-refractivity contribution in [2.45, 2.75) is 19.4 Å².